The molecule has 3 rings (SSSR count). The Morgan fingerprint density at radius 3 is 2.63 bits per heavy atom. The van der Waals surface area contributed by atoms with Gasteiger partial charge in [0.1, 0.15) is 18.3 Å². The van der Waals surface area contributed by atoms with E-state index in [0.29, 0.717) is 22.8 Å². The number of rotatable bonds is 7. The number of para-hydroxylation sites is 1. The maximum absolute atomic E-state index is 12.8. The number of carbonyl (C=O) groups excluding carboxylic acids is 1. The molecule has 1 aliphatic heterocycles. The van der Waals surface area contributed by atoms with E-state index in [9.17, 15) is 14.7 Å². The predicted molar refractivity (Wildman–Crippen MR) is 97.4 cm³/mol. The van der Waals surface area contributed by atoms with Crippen molar-refractivity contribution in [3.05, 3.63) is 53.6 Å². The van der Waals surface area contributed by atoms with Gasteiger partial charge in [0.05, 0.1) is 26.7 Å². The lowest BCUT2D eigenvalue weighted by molar-refractivity contribution is -0.137. The summed E-state index contributed by atoms with van der Waals surface area (Å²) in [5.41, 5.74) is 1.42. The molecule has 0 aromatic heterocycles. The highest BCUT2D eigenvalue weighted by atomic mass is 16.5. The molecule has 2 N–H and O–H groups in total. The summed E-state index contributed by atoms with van der Waals surface area (Å²) >= 11 is 0. The molecule has 2 aromatic carbocycles. The lowest BCUT2D eigenvalue weighted by atomic mass is 9.98. The van der Waals surface area contributed by atoms with Crippen LogP contribution in [0.15, 0.2) is 42.5 Å². The molecule has 0 radical (unpaired) electrons. The van der Waals surface area contributed by atoms with E-state index in [0.717, 1.165) is 5.56 Å². The van der Waals surface area contributed by atoms with Gasteiger partial charge in [-0.1, -0.05) is 24.3 Å². The van der Waals surface area contributed by atoms with E-state index in [4.69, 9.17) is 14.2 Å². The van der Waals surface area contributed by atoms with Crippen LogP contribution >= 0.6 is 0 Å². The zero-order valence-corrected chi connectivity index (χ0v) is 15.1. The van der Waals surface area contributed by atoms with Gasteiger partial charge in [-0.25, -0.2) is 0 Å². The lowest BCUT2D eigenvalue weighted by Crippen LogP contribution is -2.34. The molecular weight excluding hydrogens is 350 g/mol. The summed E-state index contributed by atoms with van der Waals surface area (Å²) in [6.45, 7) is 0.233. The number of aliphatic carboxylic acids is 1. The van der Waals surface area contributed by atoms with E-state index in [1.807, 2.05) is 24.3 Å². The molecule has 1 heterocycles. The third-order valence-electron chi connectivity index (χ3n) is 4.52. The summed E-state index contributed by atoms with van der Waals surface area (Å²) in [6, 6.07) is 11.7. The topological polar surface area (TPSA) is 94.1 Å². The molecule has 0 saturated carbocycles. The fraction of sp³-hybridized carbons (Fsp3) is 0.300. The molecule has 0 unspecified atom stereocenters. The predicted octanol–water partition coefficient (Wildman–Crippen LogP) is 2.51. The summed E-state index contributed by atoms with van der Waals surface area (Å²) < 4.78 is 16.0. The van der Waals surface area contributed by atoms with E-state index >= 15 is 0 Å². The second kappa shape index (κ2) is 7.99. The third kappa shape index (κ3) is 3.97. The van der Waals surface area contributed by atoms with Gasteiger partial charge >= 0.3 is 5.97 Å². The molecule has 0 bridgehead atoms. The van der Waals surface area contributed by atoms with Gasteiger partial charge < -0.3 is 24.6 Å². The minimum Gasteiger partial charge on any atom is -0.493 e. The smallest absolute Gasteiger partial charge is 0.305 e. The Labute approximate surface area is 156 Å². The number of benzene rings is 2. The first-order valence-corrected chi connectivity index (χ1v) is 8.49. The first-order chi connectivity index (χ1) is 13.0. The largest absolute Gasteiger partial charge is 0.493 e. The van der Waals surface area contributed by atoms with E-state index in [-0.39, 0.29) is 18.9 Å². The quantitative estimate of drug-likeness (QED) is 0.777. The first-order valence-electron chi connectivity index (χ1n) is 8.49. The summed E-state index contributed by atoms with van der Waals surface area (Å²) in [5, 5.41) is 12.1. The lowest BCUT2D eigenvalue weighted by Gasteiger charge is -2.21. The number of hydrogen-bond acceptors (Lipinski definition) is 5. The number of carboxylic acids is 1. The second-order valence-electron chi connectivity index (χ2n) is 6.17. The molecule has 0 saturated heterocycles. The molecular formula is C20H21NO6. The van der Waals surface area contributed by atoms with Crippen molar-refractivity contribution in [1.82, 2.24) is 5.32 Å². The fourth-order valence-electron chi connectivity index (χ4n) is 3.15. The minimum atomic E-state index is -1.02. The zero-order valence-electron chi connectivity index (χ0n) is 15.1. The Bertz CT molecular complexity index is 850. The van der Waals surface area contributed by atoms with Crippen LogP contribution in [-0.4, -0.2) is 37.8 Å². The van der Waals surface area contributed by atoms with Crippen molar-refractivity contribution in [1.29, 1.82) is 0 Å². The standard InChI is InChI=1S/C20H21NO6/c1-25-17-8-7-12(9-18(17)26-2)15(10-19(22)23)21-20(24)14-11-27-16-6-4-3-5-13(14)16/h3-9,14-15H,10-11H2,1-2H3,(H,21,24)(H,22,23)/t14-,15-/m0/s1. The Balaban J connectivity index is 1.84. The van der Waals surface area contributed by atoms with Gasteiger partial charge in [0.15, 0.2) is 11.5 Å². The number of ether oxygens (including phenoxy) is 3. The van der Waals surface area contributed by atoms with E-state index in [1.54, 1.807) is 18.2 Å². The van der Waals surface area contributed by atoms with Crippen LogP contribution in [0.2, 0.25) is 0 Å². The molecule has 2 atom stereocenters. The first kappa shape index (κ1) is 18.6. The molecule has 27 heavy (non-hydrogen) atoms. The van der Waals surface area contributed by atoms with Crippen LogP contribution in [0.3, 0.4) is 0 Å². The van der Waals surface area contributed by atoms with Crippen molar-refractivity contribution in [3.63, 3.8) is 0 Å². The van der Waals surface area contributed by atoms with Crippen LogP contribution in [0.5, 0.6) is 17.2 Å². The third-order valence-corrected chi connectivity index (χ3v) is 4.52. The van der Waals surface area contributed by atoms with Gasteiger partial charge in [-0.15, -0.1) is 0 Å². The van der Waals surface area contributed by atoms with E-state index in [1.165, 1.54) is 14.2 Å². The number of hydrogen-bond donors (Lipinski definition) is 2. The fourth-order valence-corrected chi connectivity index (χ4v) is 3.15. The van der Waals surface area contributed by atoms with Gasteiger partial charge in [0.25, 0.3) is 0 Å². The Morgan fingerprint density at radius 1 is 1.19 bits per heavy atom. The highest BCUT2D eigenvalue weighted by Gasteiger charge is 2.32. The van der Waals surface area contributed by atoms with Crippen LogP contribution in [0.4, 0.5) is 0 Å². The molecule has 0 spiro atoms. The zero-order chi connectivity index (χ0) is 19.4. The molecule has 142 valence electrons. The Kier molecular flexibility index (Phi) is 5.49. The van der Waals surface area contributed by atoms with Gasteiger partial charge in [-0.05, 0) is 23.8 Å². The molecule has 2 aromatic rings. The van der Waals surface area contributed by atoms with Gasteiger partial charge in [0, 0.05) is 5.56 Å². The maximum Gasteiger partial charge on any atom is 0.305 e. The number of carbonyl (C=O) groups is 2. The average molecular weight is 371 g/mol. The number of carboxylic acid groups (broad SMARTS) is 1. The van der Waals surface area contributed by atoms with Crippen molar-refractivity contribution in [2.24, 2.45) is 0 Å². The Hall–Kier alpha value is -3.22. The SMILES string of the molecule is COc1ccc([C@H](CC(=O)O)NC(=O)[C@H]2COc3ccccc32)cc1OC. The Morgan fingerprint density at radius 2 is 1.93 bits per heavy atom. The highest BCUT2D eigenvalue weighted by Crippen LogP contribution is 2.35. The average Bonchev–Trinajstić information content (AvgIpc) is 3.10. The highest BCUT2D eigenvalue weighted by molar-refractivity contribution is 5.86. The van der Waals surface area contributed by atoms with Crippen molar-refractivity contribution < 1.29 is 28.9 Å². The molecule has 1 amide bonds. The normalized spacial score (nSPS) is 16.0. The van der Waals surface area contributed by atoms with Gasteiger partial charge in [-0.2, -0.15) is 0 Å². The molecule has 1 aliphatic rings. The summed E-state index contributed by atoms with van der Waals surface area (Å²) in [4.78, 5) is 24.1. The van der Waals surface area contributed by atoms with Gasteiger partial charge in [-0.3, -0.25) is 9.59 Å². The van der Waals surface area contributed by atoms with E-state index < -0.39 is 17.9 Å². The second-order valence-corrected chi connectivity index (χ2v) is 6.17. The minimum absolute atomic E-state index is 0.233. The molecule has 7 nitrogen and oxygen atoms in total. The van der Waals surface area contributed by atoms with Gasteiger partial charge in [0.2, 0.25) is 5.91 Å². The summed E-state index contributed by atoms with van der Waals surface area (Å²) in [7, 11) is 3.02. The van der Waals surface area contributed by atoms with Crippen molar-refractivity contribution in [2.75, 3.05) is 20.8 Å². The van der Waals surface area contributed by atoms with Crippen LogP contribution in [0, 0.1) is 0 Å². The van der Waals surface area contributed by atoms with E-state index in [2.05, 4.69) is 5.32 Å². The maximum atomic E-state index is 12.8. The monoisotopic (exact) mass is 371 g/mol. The summed E-state index contributed by atoms with van der Waals surface area (Å²) in [5.74, 6) is -0.0933. The van der Waals surface area contributed by atoms with Crippen molar-refractivity contribution >= 4 is 11.9 Å². The van der Waals surface area contributed by atoms with Crippen LogP contribution < -0.4 is 19.5 Å². The number of nitrogens with one attached hydrogen (secondary N) is 1. The number of fused-ring (bicyclic) bond motifs is 1. The molecule has 7 heteroatoms. The molecule has 0 aliphatic carbocycles. The summed E-state index contributed by atoms with van der Waals surface area (Å²) in [6.07, 6.45) is -0.254. The van der Waals surface area contributed by atoms with Crippen LogP contribution in [0.25, 0.3) is 0 Å². The van der Waals surface area contributed by atoms with Crippen LogP contribution in [-0.2, 0) is 9.59 Å². The number of amides is 1. The van der Waals surface area contributed by atoms with Crippen molar-refractivity contribution in [2.45, 2.75) is 18.4 Å². The molecule has 0 fully saturated rings. The van der Waals surface area contributed by atoms with Crippen molar-refractivity contribution in [3.8, 4) is 17.2 Å². The number of methoxy groups -OCH3 is 2. The van der Waals surface area contributed by atoms with Crippen LogP contribution in [0.1, 0.15) is 29.5 Å².